The lowest BCUT2D eigenvalue weighted by atomic mass is 10.1. The third kappa shape index (κ3) is 3.77. The first-order chi connectivity index (χ1) is 14.7. The van der Waals surface area contributed by atoms with E-state index in [4.69, 9.17) is 27.9 Å². The highest BCUT2D eigenvalue weighted by atomic mass is 35.5. The zero-order valence-electron chi connectivity index (χ0n) is 15.5. The second-order valence-corrected chi connectivity index (χ2v) is 8.32. The maximum atomic E-state index is 6.31. The fraction of sp³-hybridized carbons (Fsp3) is 0.0455. The van der Waals surface area contributed by atoms with E-state index in [0.717, 1.165) is 21.9 Å². The van der Waals surface area contributed by atoms with Crippen molar-refractivity contribution in [3.8, 4) is 27.4 Å². The molecule has 0 saturated heterocycles. The zero-order chi connectivity index (χ0) is 20.5. The van der Waals surface area contributed by atoms with Gasteiger partial charge in [0.2, 0.25) is 4.96 Å². The van der Waals surface area contributed by atoms with Gasteiger partial charge in [-0.2, -0.15) is 9.61 Å². The van der Waals surface area contributed by atoms with Crippen LogP contribution < -0.4 is 4.74 Å². The van der Waals surface area contributed by atoms with Crippen LogP contribution in [0.5, 0.6) is 5.75 Å². The maximum absolute atomic E-state index is 6.31. The number of rotatable bonds is 5. The van der Waals surface area contributed by atoms with E-state index in [1.165, 1.54) is 16.9 Å². The molecule has 0 aliphatic rings. The Morgan fingerprint density at radius 1 is 0.867 bits per heavy atom. The van der Waals surface area contributed by atoms with Crippen molar-refractivity contribution in [2.75, 3.05) is 0 Å². The molecule has 0 radical (unpaired) electrons. The highest BCUT2D eigenvalue weighted by Gasteiger charge is 2.15. The molecule has 0 fully saturated rings. The molecule has 0 amide bonds. The van der Waals surface area contributed by atoms with Gasteiger partial charge in [0.25, 0.3) is 0 Å². The predicted octanol–water partition coefficient (Wildman–Crippen LogP) is 6.41. The van der Waals surface area contributed by atoms with E-state index in [0.29, 0.717) is 20.8 Å². The molecule has 148 valence electrons. The minimum absolute atomic E-state index is 0.253. The lowest BCUT2D eigenvalue weighted by molar-refractivity contribution is 0.293. The molecule has 5 rings (SSSR count). The third-order valence-electron chi connectivity index (χ3n) is 4.55. The van der Waals surface area contributed by atoms with Crippen LogP contribution in [0.25, 0.3) is 26.7 Å². The monoisotopic (exact) mass is 452 g/mol. The smallest absolute Gasteiger partial charge is 0.235 e. The molecule has 5 nitrogen and oxygen atoms in total. The van der Waals surface area contributed by atoms with Crippen molar-refractivity contribution in [2.24, 2.45) is 0 Å². The number of hydrogen-bond acceptors (Lipinski definition) is 5. The van der Waals surface area contributed by atoms with E-state index in [-0.39, 0.29) is 6.61 Å². The molecule has 2 heterocycles. The summed E-state index contributed by atoms with van der Waals surface area (Å²) < 4.78 is 7.59. The van der Waals surface area contributed by atoms with Crippen LogP contribution in [0.2, 0.25) is 10.0 Å². The number of ether oxygens (including phenoxy) is 1. The Kier molecular flexibility index (Phi) is 5.12. The van der Waals surface area contributed by atoms with Crippen LogP contribution >= 0.6 is 34.5 Å². The normalized spacial score (nSPS) is 11.1. The summed E-state index contributed by atoms with van der Waals surface area (Å²) >= 11 is 13.7. The summed E-state index contributed by atoms with van der Waals surface area (Å²) in [6, 6.07) is 23.5. The molecule has 0 spiro atoms. The Bertz CT molecular complexity index is 1320. The maximum Gasteiger partial charge on any atom is 0.235 e. The minimum Gasteiger partial charge on any atom is -0.486 e. The number of halogens is 2. The summed E-state index contributed by atoms with van der Waals surface area (Å²) in [5.41, 5.74) is 3.11. The molecule has 2 aromatic heterocycles. The van der Waals surface area contributed by atoms with Crippen molar-refractivity contribution >= 4 is 39.5 Å². The summed E-state index contributed by atoms with van der Waals surface area (Å²) in [5.74, 6) is 1.37. The van der Waals surface area contributed by atoms with E-state index in [1.807, 2.05) is 48.5 Å². The van der Waals surface area contributed by atoms with Crippen LogP contribution in [0.15, 0.2) is 72.8 Å². The van der Waals surface area contributed by atoms with Gasteiger partial charge in [-0.05, 0) is 41.5 Å². The number of fused-ring (bicyclic) bond motifs is 1. The van der Waals surface area contributed by atoms with E-state index in [9.17, 15) is 0 Å². The molecular weight excluding hydrogens is 439 g/mol. The lowest BCUT2D eigenvalue weighted by Crippen LogP contribution is -2.02. The summed E-state index contributed by atoms with van der Waals surface area (Å²) in [4.78, 5) is 0.675. The Balaban J connectivity index is 1.34. The van der Waals surface area contributed by atoms with Crippen LogP contribution in [-0.2, 0) is 6.61 Å². The van der Waals surface area contributed by atoms with Crippen LogP contribution in [0.1, 0.15) is 5.82 Å². The molecule has 5 aromatic rings. The highest BCUT2D eigenvalue weighted by molar-refractivity contribution is 7.19. The van der Waals surface area contributed by atoms with Gasteiger partial charge in [-0.3, -0.25) is 0 Å². The van der Waals surface area contributed by atoms with Crippen molar-refractivity contribution in [3.63, 3.8) is 0 Å². The Hall–Kier alpha value is -2.93. The topological polar surface area (TPSA) is 52.3 Å². The predicted molar refractivity (Wildman–Crippen MR) is 120 cm³/mol. The number of nitrogens with zero attached hydrogens (tertiary/aromatic N) is 4. The fourth-order valence-electron chi connectivity index (χ4n) is 3.04. The van der Waals surface area contributed by atoms with Gasteiger partial charge in [0.15, 0.2) is 5.82 Å². The number of benzene rings is 3. The van der Waals surface area contributed by atoms with E-state index in [2.05, 4.69) is 27.4 Å². The van der Waals surface area contributed by atoms with Gasteiger partial charge in [0, 0.05) is 10.6 Å². The summed E-state index contributed by atoms with van der Waals surface area (Å²) in [5, 5.41) is 14.9. The molecule has 0 bridgehead atoms. The van der Waals surface area contributed by atoms with Crippen molar-refractivity contribution in [2.45, 2.75) is 6.61 Å². The first kappa shape index (κ1) is 19.1. The van der Waals surface area contributed by atoms with Gasteiger partial charge in [-0.1, -0.05) is 77.0 Å². The van der Waals surface area contributed by atoms with E-state index >= 15 is 0 Å². The molecule has 8 heteroatoms. The van der Waals surface area contributed by atoms with Crippen molar-refractivity contribution < 1.29 is 4.74 Å². The summed E-state index contributed by atoms with van der Waals surface area (Å²) in [6.07, 6.45) is 0. The zero-order valence-corrected chi connectivity index (χ0v) is 17.8. The second kappa shape index (κ2) is 8.07. The van der Waals surface area contributed by atoms with Crippen LogP contribution in [-0.4, -0.2) is 19.8 Å². The van der Waals surface area contributed by atoms with Gasteiger partial charge < -0.3 is 4.74 Å². The van der Waals surface area contributed by atoms with Gasteiger partial charge in [-0.25, -0.2) is 0 Å². The van der Waals surface area contributed by atoms with Crippen LogP contribution in [0.3, 0.4) is 0 Å². The Morgan fingerprint density at radius 3 is 2.40 bits per heavy atom. The summed E-state index contributed by atoms with van der Waals surface area (Å²) in [6.45, 7) is 0.253. The van der Waals surface area contributed by atoms with Gasteiger partial charge >= 0.3 is 0 Å². The van der Waals surface area contributed by atoms with E-state index in [1.54, 1.807) is 16.6 Å². The first-order valence-corrected chi connectivity index (χ1v) is 10.7. The van der Waals surface area contributed by atoms with Crippen molar-refractivity contribution in [1.29, 1.82) is 0 Å². The average Bonchev–Trinajstić information content (AvgIpc) is 3.34. The molecular formula is C22H14Cl2N4OS. The van der Waals surface area contributed by atoms with Crippen LogP contribution in [0.4, 0.5) is 0 Å². The standard InChI is InChI=1S/C22H14Cl2N4OS/c23-16-8-11-18(19(24)12-16)21-27-28-20(25-26-22(28)30-21)13-29-17-9-6-15(7-10-17)14-4-2-1-3-5-14/h1-12H,13H2. The largest absolute Gasteiger partial charge is 0.486 e. The Labute approximate surface area is 186 Å². The SMILES string of the molecule is Clc1ccc(-c2nn3c(COc4ccc(-c5ccccc5)cc4)nnc3s2)c(Cl)c1. The number of hydrogen-bond donors (Lipinski definition) is 0. The molecule has 0 atom stereocenters. The second-order valence-electron chi connectivity index (χ2n) is 6.52. The molecule has 0 N–H and O–H groups in total. The van der Waals surface area contributed by atoms with Gasteiger partial charge in [0.1, 0.15) is 17.4 Å². The fourth-order valence-corrected chi connectivity index (χ4v) is 4.49. The number of aromatic nitrogens is 4. The summed E-state index contributed by atoms with van der Waals surface area (Å²) in [7, 11) is 0. The first-order valence-electron chi connectivity index (χ1n) is 9.12. The molecule has 30 heavy (non-hydrogen) atoms. The van der Waals surface area contributed by atoms with E-state index < -0.39 is 0 Å². The minimum atomic E-state index is 0.253. The molecule has 0 aliphatic carbocycles. The quantitative estimate of drug-likeness (QED) is 0.309. The van der Waals surface area contributed by atoms with Crippen LogP contribution in [0, 0.1) is 0 Å². The van der Waals surface area contributed by atoms with Gasteiger partial charge in [0.05, 0.1) is 5.02 Å². The van der Waals surface area contributed by atoms with Crippen molar-refractivity contribution in [3.05, 3.63) is 88.7 Å². The van der Waals surface area contributed by atoms with Crippen molar-refractivity contribution in [1.82, 2.24) is 19.8 Å². The molecule has 0 saturated carbocycles. The Morgan fingerprint density at radius 2 is 1.63 bits per heavy atom. The third-order valence-corrected chi connectivity index (χ3v) is 6.03. The highest BCUT2D eigenvalue weighted by Crippen LogP contribution is 2.33. The molecule has 0 aliphatic heterocycles. The molecule has 3 aromatic carbocycles. The average molecular weight is 453 g/mol. The molecule has 0 unspecified atom stereocenters. The lowest BCUT2D eigenvalue weighted by Gasteiger charge is -2.06. The van der Waals surface area contributed by atoms with Gasteiger partial charge in [-0.15, -0.1) is 10.2 Å².